The molecule has 2 aromatic heterocycles. The van der Waals surface area contributed by atoms with Crippen molar-refractivity contribution in [3.63, 3.8) is 0 Å². The zero-order chi connectivity index (χ0) is 14.3. The van der Waals surface area contributed by atoms with Crippen molar-refractivity contribution in [1.82, 2.24) is 19.3 Å². The molecule has 2 heterocycles. The zero-order valence-corrected chi connectivity index (χ0v) is 11.5. The van der Waals surface area contributed by atoms with Crippen LogP contribution in [0.3, 0.4) is 0 Å². The van der Waals surface area contributed by atoms with Crippen LogP contribution in [-0.2, 0) is 13.6 Å². The Morgan fingerprint density at radius 1 is 1.40 bits per heavy atom. The summed E-state index contributed by atoms with van der Waals surface area (Å²) in [6.45, 7) is 0.322. The lowest BCUT2D eigenvalue weighted by Gasteiger charge is -2.08. The maximum absolute atomic E-state index is 12.3. The molecule has 0 fully saturated rings. The van der Waals surface area contributed by atoms with E-state index in [0.717, 1.165) is 5.56 Å². The summed E-state index contributed by atoms with van der Waals surface area (Å²) in [5, 5.41) is 5.09. The molecule has 0 bridgehead atoms. The summed E-state index contributed by atoms with van der Waals surface area (Å²) in [6, 6.07) is 5.18. The average Bonchev–Trinajstić information content (AvgIpc) is 2.79. The smallest absolute Gasteiger partial charge is 0.264 e. The SMILES string of the molecule is Cn1ncc2c(=O)n(Cc3cc(Cl)ccc3N)cnc21. The van der Waals surface area contributed by atoms with Crippen LogP contribution in [0.4, 0.5) is 5.69 Å². The van der Waals surface area contributed by atoms with Gasteiger partial charge in [0.05, 0.1) is 12.7 Å². The van der Waals surface area contributed by atoms with E-state index >= 15 is 0 Å². The fourth-order valence-corrected chi connectivity index (χ4v) is 2.27. The van der Waals surface area contributed by atoms with Crippen molar-refractivity contribution >= 4 is 28.3 Å². The van der Waals surface area contributed by atoms with Gasteiger partial charge in [-0.25, -0.2) is 4.98 Å². The van der Waals surface area contributed by atoms with Crippen LogP contribution in [0.2, 0.25) is 5.02 Å². The highest BCUT2D eigenvalue weighted by atomic mass is 35.5. The Bertz CT molecular complexity index is 852. The summed E-state index contributed by atoms with van der Waals surface area (Å²) in [5.74, 6) is 0. The summed E-state index contributed by atoms with van der Waals surface area (Å²) >= 11 is 5.95. The number of hydrogen-bond acceptors (Lipinski definition) is 4. The summed E-state index contributed by atoms with van der Waals surface area (Å²) in [6.07, 6.45) is 3.01. The fourth-order valence-electron chi connectivity index (χ4n) is 2.07. The molecule has 3 aromatic rings. The molecule has 2 N–H and O–H groups in total. The van der Waals surface area contributed by atoms with E-state index in [1.54, 1.807) is 29.9 Å². The maximum atomic E-state index is 12.3. The standard InChI is InChI=1S/C13H12ClN5O/c1-18-12-10(5-17-18)13(20)19(7-16-12)6-8-4-9(14)2-3-11(8)15/h2-5,7H,6,15H2,1H3. The lowest BCUT2D eigenvalue weighted by Crippen LogP contribution is -2.21. The average molecular weight is 290 g/mol. The van der Waals surface area contributed by atoms with Gasteiger partial charge in [0, 0.05) is 17.8 Å². The molecule has 1 aromatic carbocycles. The number of nitrogens with zero attached hydrogens (tertiary/aromatic N) is 4. The number of rotatable bonds is 2. The van der Waals surface area contributed by atoms with E-state index in [1.807, 2.05) is 0 Å². The van der Waals surface area contributed by atoms with Crippen molar-refractivity contribution in [2.24, 2.45) is 7.05 Å². The Labute approximate surface area is 119 Å². The zero-order valence-electron chi connectivity index (χ0n) is 10.7. The van der Waals surface area contributed by atoms with Gasteiger partial charge in [-0.3, -0.25) is 14.0 Å². The Balaban J connectivity index is 2.09. The molecule has 0 aliphatic carbocycles. The van der Waals surface area contributed by atoms with E-state index < -0.39 is 0 Å². The van der Waals surface area contributed by atoms with Gasteiger partial charge in [-0.15, -0.1) is 0 Å². The van der Waals surface area contributed by atoms with Crippen LogP contribution < -0.4 is 11.3 Å². The number of hydrogen-bond donors (Lipinski definition) is 1. The molecule has 0 aliphatic heterocycles. The predicted octanol–water partition coefficient (Wildman–Crippen LogP) is 1.41. The number of halogens is 1. The minimum Gasteiger partial charge on any atom is -0.398 e. The van der Waals surface area contributed by atoms with Gasteiger partial charge < -0.3 is 5.73 Å². The number of aryl methyl sites for hydroxylation is 1. The van der Waals surface area contributed by atoms with E-state index in [9.17, 15) is 4.79 Å². The van der Waals surface area contributed by atoms with Gasteiger partial charge >= 0.3 is 0 Å². The second-order valence-electron chi connectivity index (χ2n) is 4.53. The lowest BCUT2D eigenvalue weighted by molar-refractivity contribution is 0.738. The van der Waals surface area contributed by atoms with Crippen molar-refractivity contribution in [3.8, 4) is 0 Å². The minimum atomic E-state index is -0.150. The Morgan fingerprint density at radius 3 is 3.00 bits per heavy atom. The summed E-state index contributed by atoms with van der Waals surface area (Å²) in [7, 11) is 1.74. The molecule has 0 atom stereocenters. The summed E-state index contributed by atoms with van der Waals surface area (Å²) in [4.78, 5) is 16.6. The van der Waals surface area contributed by atoms with Gasteiger partial charge in [-0.1, -0.05) is 11.6 Å². The number of aromatic nitrogens is 4. The highest BCUT2D eigenvalue weighted by Crippen LogP contribution is 2.18. The van der Waals surface area contributed by atoms with Gasteiger partial charge in [-0.05, 0) is 23.8 Å². The quantitative estimate of drug-likeness (QED) is 0.724. The summed E-state index contributed by atoms with van der Waals surface area (Å²) < 4.78 is 3.06. The van der Waals surface area contributed by atoms with E-state index in [-0.39, 0.29) is 5.56 Å². The van der Waals surface area contributed by atoms with Crippen LogP contribution in [-0.4, -0.2) is 19.3 Å². The molecule has 0 amide bonds. The number of fused-ring (bicyclic) bond motifs is 1. The second kappa shape index (κ2) is 4.64. The van der Waals surface area contributed by atoms with Crippen LogP contribution in [0.15, 0.2) is 35.5 Å². The monoisotopic (exact) mass is 289 g/mol. The third-order valence-electron chi connectivity index (χ3n) is 3.16. The van der Waals surface area contributed by atoms with Crippen molar-refractivity contribution in [1.29, 1.82) is 0 Å². The van der Waals surface area contributed by atoms with Crippen molar-refractivity contribution in [2.45, 2.75) is 6.54 Å². The molecule has 6 nitrogen and oxygen atoms in total. The van der Waals surface area contributed by atoms with E-state index in [4.69, 9.17) is 17.3 Å². The van der Waals surface area contributed by atoms with Crippen LogP contribution in [0, 0.1) is 0 Å². The Hall–Kier alpha value is -2.34. The minimum absolute atomic E-state index is 0.150. The van der Waals surface area contributed by atoms with E-state index in [2.05, 4.69) is 10.1 Å². The molecule has 3 rings (SSSR count). The molecule has 0 saturated carbocycles. The number of nitrogen functional groups attached to an aromatic ring is 1. The van der Waals surface area contributed by atoms with E-state index in [0.29, 0.717) is 28.3 Å². The molecular weight excluding hydrogens is 278 g/mol. The van der Waals surface area contributed by atoms with Gasteiger partial charge in [0.2, 0.25) is 0 Å². The molecular formula is C13H12ClN5O. The van der Waals surface area contributed by atoms with Crippen LogP contribution >= 0.6 is 11.6 Å². The lowest BCUT2D eigenvalue weighted by atomic mass is 10.2. The Kier molecular flexibility index (Phi) is 2.94. The highest BCUT2D eigenvalue weighted by molar-refractivity contribution is 6.30. The summed E-state index contributed by atoms with van der Waals surface area (Å²) in [5.41, 5.74) is 7.68. The van der Waals surface area contributed by atoms with Crippen molar-refractivity contribution in [3.05, 3.63) is 51.7 Å². The molecule has 102 valence electrons. The van der Waals surface area contributed by atoms with Gasteiger partial charge in [0.15, 0.2) is 5.65 Å². The number of anilines is 1. The molecule has 0 unspecified atom stereocenters. The van der Waals surface area contributed by atoms with Gasteiger partial charge in [0.25, 0.3) is 5.56 Å². The molecule has 0 spiro atoms. The highest BCUT2D eigenvalue weighted by Gasteiger charge is 2.09. The van der Waals surface area contributed by atoms with Gasteiger partial charge in [-0.2, -0.15) is 5.10 Å². The Morgan fingerprint density at radius 2 is 2.20 bits per heavy atom. The molecule has 0 saturated heterocycles. The third-order valence-corrected chi connectivity index (χ3v) is 3.40. The largest absolute Gasteiger partial charge is 0.398 e. The van der Waals surface area contributed by atoms with Crippen LogP contribution in [0.25, 0.3) is 11.0 Å². The van der Waals surface area contributed by atoms with Gasteiger partial charge in [0.1, 0.15) is 11.7 Å². The van der Waals surface area contributed by atoms with Crippen LogP contribution in [0.5, 0.6) is 0 Å². The first-order valence-electron chi connectivity index (χ1n) is 5.97. The van der Waals surface area contributed by atoms with Crippen molar-refractivity contribution < 1.29 is 0 Å². The number of nitrogens with two attached hydrogens (primary N) is 1. The maximum Gasteiger partial charge on any atom is 0.264 e. The molecule has 0 aliphatic rings. The van der Waals surface area contributed by atoms with Crippen LogP contribution in [0.1, 0.15) is 5.56 Å². The van der Waals surface area contributed by atoms with E-state index in [1.165, 1.54) is 17.1 Å². The molecule has 7 heteroatoms. The number of benzene rings is 1. The fraction of sp³-hybridized carbons (Fsp3) is 0.154. The van der Waals surface area contributed by atoms with Crippen molar-refractivity contribution in [2.75, 3.05) is 5.73 Å². The first kappa shape index (κ1) is 12.7. The first-order valence-corrected chi connectivity index (χ1v) is 6.35. The normalized spacial score (nSPS) is 11.1. The first-order chi connectivity index (χ1) is 9.56. The second-order valence-corrected chi connectivity index (χ2v) is 4.96. The predicted molar refractivity (Wildman–Crippen MR) is 77.7 cm³/mol. The molecule has 20 heavy (non-hydrogen) atoms. The molecule has 0 radical (unpaired) electrons. The third kappa shape index (κ3) is 2.04. The topological polar surface area (TPSA) is 78.7 Å².